The van der Waals surface area contributed by atoms with Gasteiger partial charge in [-0.3, -0.25) is 4.79 Å². The van der Waals surface area contributed by atoms with Gasteiger partial charge in [0, 0.05) is 29.9 Å². The molecule has 0 spiro atoms. The molecule has 1 saturated carbocycles. The van der Waals surface area contributed by atoms with E-state index in [1.807, 2.05) is 24.3 Å². The molecule has 0 unspecified atom stereocenters. The van der Waals surface area contributed by atoms with Crippen molar-refractivity contribution < 1.29 is 9.90 Å². The van der Waals surface area contributed by atoms with Crippen molar-refractivity contribution in [1.29, 1.82) is 0 Å². The summed E-state index contributed by atoms with van der Waals surface area (Å²) in [7, 11) is 0. The Morgan fingerprint density at radius 1 is 1.29 bits per heavy atom. The summed E-state index contributed by atoms with van der Waals surface area (Å²) in [6, 6.07) is 7.33. The van der Waals surface area contributed by atoms with Crippen LogP contribution >= 0.6 is 0 Å². The monoisotopic (exact) mass is 376 g/mol. The Morgan fingerprint density at radius 3 is 2.64 bits per heavy atom. The zero-order chi connectivity index (χ0) is 19.7. The first-order valence-electron chi connectivity index (χ1n) is 9.59. The zero-order valence-electron chi connectivity index (χ0n) is 15.8. The first kappa shape index (κ1) is 18.1. The number of anilines is 1. The van der Waals surface area contributed by atoms with Gasteiger partial charge >= 0.3 is 0 Å². The average molecular weight is 376 g/mol. The number of nitrogens with one attached hydrogen (secondary N) is 2. The van der Waals surface area contributed by atoms with E-state index in [-0.39, 0.29) is 11.7 Å². The molecule has 0 saturated heterocycles. The standard InChI is InChI=1S/C22H24N4O2/c1-2-17-18(12-25-21(23)20(17)13-3-8-16(27)9-4-13)14-5-10-19(24-11-14)22(28)26-15-6-7-15/h3-5,8-10,12,15,24,27H,2,6-7,11H2,1H3,(H2,23,25)(H,26,28). The molecule has 5 N–H and O–H groups in total. The number of dihydropyridines is 1. The van der Waals surface area contributed by atoms with Crippen LogP contribution in [0, 0.1) is 0 Å². The van der Waals surface area contributed by atoms with Crippen LogP contribution in [-0.4, -0.2) is 28.6 Å². The van der Waals surface area contributed by atoms with E-state index in [4.69, 9.17) is 5.73 Å². The topological polar surface area (TPSA) is 100 Å². The highest BCUT2D eigenvalue weighted by Crippen LogP contribution is 2.35. The van der Waals surface area contributed by atoms with Crippen molar-refractivity contribution in [2.24, 2.45) is 0 Å². The summed E-state index contributed by atoms with van der Waals surface area (Å²) < 4.78 is 0. The maximum atomic E-state index is 12.2. The molecule has 2 aliphatic rings. The van der Waals surface area contributed by atoms with Crippen molar-refractivity contribution in [2.45, 2.75) is 32.2 Å². The Labute approximate surface area is 164 Å². The minimum atomic E-state index is -0.0475. The molecular weight excluding hydrogens is 352 g/mol. The van der Waals surface area contributed by atoms with E-state index in [9.17, 15) is 9.90 Å². The fourth-order valence-corrected chi connectivity index (χ4v) is 3.48. The molecule has 1 amide bonds. The van der Waals surface area contributed by atoms with Crippen molar-refractivity contribution in [3.63, 3.8) is 0 Å². The van der Waals surface area contributed by atoms with Gasteiger partial charge in [0.25, 0.3) is 5.91 Å². The highest BCUT2D eigenvalue weighted by Gasteiger charge is 2.25. The van der Waals surface area contributed by atoms with Gasteiger partial charge in [-0.15, -0.1) is 0 Å². The Bertz CT molecular complexity index is 973. The van der Waals surface area contributed by atoms with Crippen molar-refractivity contribution >= 4 is 17.3 Å². The lowest BCUT2D eigenvalue weighted by Crippen LogP contribution is -2.34. The molecule has 0 atom stereocenters. The minimum Gasteiger partial charge on any atom is -0.508 e. The van der Waals surface area contributed by atoms with Gasteiger partial charge in [0.05, 0.1) is 0 Å². The van der Waals surface area contributed by atoms with Gasteiger partial charge in [-0.25, -0.2) is 4.98 Å². The van der Waals surface area contributed by atoms with Crippen molar-refractivity contribution in [3.05, 3.63) is 59.4 Å². The molecule has 0 bridgehead atoms. The predicted octanol–water partition coefficient (Wildman–Crippen LogP) is 2.75. The third-order valence-electron chi connectivity index (χ3n) is 5.15. The Morgan fingerprint density at radius 2 is 2.04 bits per heavy atom. The Kier molecular flexibility index (Phi) is 4.77. The van der Waals surface area contributed by atoms with Crippen LogP contribution in [0.3, 0.4) is 0 Å². The Balaban J connectivity index is 1.69. The summed E-state index contributed by atoms with van der Waals surface area (Å²) in [5, 5.41) is 15.8. The minimum absolute atomic E-state index is 0.0475. The van der Waals surface area contributed by atoms with Crippen molar-refractivity contribution in [1.82, 2.24) is 15.6 Å². The maximum Gasteiger partial charge on any atom is 0.267 e. The van der Waals surface area contributed by atoms with E-state index in [1.54, 1.807) is 18.3 Å². The van der Waals surface area contributed by atoms with Crippen LogP contribution in [0.15, 0.2) is 48.3 Å². The van der Waals surface area contributed by atoms with Crippen molar-refractivity contribution in [2.75, 3.05) is 12.3 Å². The highest BCUT2D eigenvalue weighted by molar-refractivity contribution is 5.95. The number of aromatic nitrogens is 1. The van der Waals surface area contributed by atoms with Crippen LogP contribution in [0.1, 0.15) is 30.9 Å². The molecule has 144 valence electrons. The van der Waals surface area contributed by atoms with Gasteiger partial charge in [-0.05, 0) is 54.2 Å². The third kappa shape index (κ3) is 3.58. The number of aromatic hydroxyl groups is 1. The molecule has 6 heteroatoms. The number of nitrogens with two attached hydrogens (primary N) is 1. The van der Waals surface area contributed by atoms with E-state index in [0.717, 1.165) is 47.1 Å². The number of allylic oxidation sites excluding steroid dienone is 2. The van der Waals surface area contributed by atoms with Crippen LogP contribution in [0.2, 0.25) is 0 Å². The number of phenols is 1. The molecule has 28 heavy (non-hydrogen) atoms. The summed E-state index contributed by atoms with van der Waals surface area (Å²) in [4.78, 5) is 16.6. The number of amides is 1. The molecule has 1 aliphatic heterocycles. The molecule has 1 aromatic carbocycles. The SMILES string of the molecule is CCc1c(C2=CC=C(C(=O)NC3CC3)NC2)cnc(N)c1-c1ccc(O)cc1. The first-order valence-corrected chi connectivity index (χ1v) is 9.59. The molecular formula is C22H24N4O2. The molecule has 0 radical (unpaired) electrons. The zero-order valence-corrected chi connectivity index (χ0v) is 15.8. The number of hydrogen-bond donors (Lipinski definition) is 4. The fourth-order valence-electron chi connectivity index (χ4n) is 3.48. The lowest BCUT2D eigenvalue weighted by atomic mass is 9.91. The predicted molar refractivity (Wildman–Crippen MR) is 110 cm³/mol. The van der Waals surface area contributed by atoms with Crippen LogP contribution in [0.25, 0.3) is 16.7 Å². The average Bonchev–Trinajstić information content (AvgIpc) is 3.52. The normalized spacial score (nSPS) is 16.0. The number of carbonyl (C=O) groups is 1. The fraction of sp³-hybridized carbons (Fsp3) is 0.273. The van der Waals surface area contributed by atoms with E-state index in [0.29, 0.717) is 24.1 Å². The molecule has 1 aromatic heterocycles. The summed E-state index contributed by atoms with van der Waals surface area (Å²) in [5.74, 6) is 0.634. The van der Waals surface area contributed by atoms with Crippen LogP contribution in [0.5, 0.6) is 5.75 Å². The van der Waals surface area contributed by atoms with Gasteiger partial charge in [0.1, 0.15) is 17.3 Å². The largest absolute Gasteiger partial charge is 0.508 e. The summed E-state index contributed by atoms with van der Waals surface area (Å²) in [6.45, 7) is 2.64. The number of nitrogens with zero attached hydrogens (tertiary/aromatic N) is 1. The number of carbonyl (C=O) groups excluding carboxylic acids is 1. The Hall–Kier alpha value is -3.28. The molecule has 2 aromatic rings. The van der Waals surface area contributed by atoms with E-state index in [2.05, 4.69) is 22.5 Å². The number of phenolic OH excluding ortho intramolecular Hbond substituents is 1. The summed E-state index contributed by atoms with van der Waals surface area (Å²) in [6.07, 6.45) is 8.52. The number of rotatable bonds is 5. The van der Waals surface area contributed by atoms with Gasteiger partial charge in [-0.2, -0.15) is 0 Å². The van der Waals surface area contributed by atoms with Crippen molar-refractivity contribution in [3.8, 4) is 16.9 Å². The quantitative estimate of drug-likeness (QED) is 0.643. The van der Waals surface area contributed by atoms with E-state index < -0.39 is 0 Å². The number of nitrogen functional groups attached to an aromatic ring is 1. The molecule has 4 rings (SSSR count). The smallest absolute Gasteiger partial charge is 0.267 e. The number of pyridine rings is 1. The first-order chi connectivity index (χ1) is 13.6. The van der Waals surface area contributed by atoms with Crippen LogP contribution < -0.4 is 16.4 Å². The van der Waals surface area contributed by atoms with Gasteiger partial charge in [-0.1, -0.05) is 25.1 Å². The summed E-state index contributed by atoms with van der Waals surface area (Å²) in [5.41, 5.74) is 11.8. The van der Waals surface area contributed by atoms with Gasteiger partial charge in [0.2, 0.25) is 0 Å². The summed E-state index contributed by atoms with van der Waals surface area (Å²) >= 11 is 0. The number of benzene rings is 1. The van der Waals surface area contributed by atoms with Crippen LogP contribution in [-0.2, 0) is 11.2 Å². The second-order valence-corrected chi connectivity index (χ2v) is 7.18. The van der Waals surface area contributed by atoms with E-state index >= 15 is 0 Å². The second kappa shape index (κ2) is 7.38. The second-order valence-electron chi connectivity index (χ2n) is 7.18. The highest BCUT2D eigenvalue weighted by atomic mass is 16.3. The third-order valence-corrected chi connectivity index (χ3v) is 5.15. The van der Waals surface area contributed by atoms with E-state index in [1.165, 1.54) is 0 Å². The van der Waals surface area contributed by atoms with Gasteiger partial charge < -0.3 is 21.5 Å². The van der Waals surface area contributed by atoms with Crippen LogP contribution in [0.4, 0.5) is 5.82 Å². The number of hydrogen-bond acceptors (Lipinski definition) is 5. The molecule has 2 heterocycles. The lowest BCUT2D eigenvalue weighted by molar-refractivity contribution is -0.118. The maximum absolute atomic E-state index is 12.2. The molecule has 1 fully saturated rings. The molecule has 1 aliphatic carbocycles. The lowest BCUT2D eigenvalue weighted by Gasteiger charge is -2.21. The molecule has 6 nitrogen and oxygen atoms in total. The van der Waals surface area contributed by atoms with Gasteiger partial charge in [0.15, 0.2) is 0 Å².